The lowest BCUT2D eigenvalue weighted by Crippen LogP contribution is -2.18. The molecule has 0 radical (unpaired) electrons. The smallest absolute Gasteiger partial charge is 0.163 e. The van der Waals surface area contributed by atoms with Gasteiger partial charge >= 0.3 is 0 Å². The van der Waals surface area contributed by atoms with E-state index in [-0.39, 0.29) is 27.1 Å². The number of rotatable bonds is 8. The normalized spacial score (nSPS) is 11.8. The van der Waals surface area contributed by atoms with E-state index in [1.54, 1.807) is 0 Å². The molecule has 0 unspecified atom stereocenters. The number of fused-ring (bicyclic) bond motifs is 7. The van der Waals surface area contributed by atoms with Crippen LogP contribution in [0.15, 0.2) is 394 Å². The fourth-order valence-electron chi connectivity index (χ4n) is 15.5. The topological polar surface area (TPSA) is 43.6 Å². The summed E-state index contributed by atoms with van der Waals surface area (Å²) in [6.45, 7) is 33.6. The second-order valence-electron chi connectivity index (χ2n) is 37.0. The van der Waals surface area contributed by atoms with Crippen LogP contribution in [0.4, 0.5) is 0 Å². The number of hydrogen-bond donors (Lipinski definition) is 0. The maximum atomic E-state index is 4.68. The molecule has 0 fully saturated rings. The first-order valence-corrected chi connectivity index (χ1v) is 42.5. The highest BCUT2D eigenvalue weighted by molar-refractivity contribution is 6.09. The highest BCUT2D eigenvalue weighted by Crippen LogP contribution is 2.40. The number of benzene rings is 17. The van der Waals surface area contributed by atoms with Gasteiger partial charge in [0.1, 0.15) is 5.82 Å². The Bertz CT molecular complexity index is 6400. The van der Waals surface area contributed by atoms with Gasteiger partial charge in [-0.2, -0.15) is 0 Å². The third-order valence-corrected chi connectivity index (χ3v) is 22.7. The lowest BCUT2D eigenvalue weighted by atomic mass is 9.83. The van der Waals surface area contributed by atoms with Gasteiger partial charge in [-0.25, -0.2) is 15.0 Å². The average molecular weight is 1570 g/mol. The monoisotopic (exact) mass is 1570 g/mol. The maximum absolute atomic E-state index is 4.68. The van der Waals surface area contributed by atoms with E-state index in [9.17, 15) is 0 Å². The Morgan fingerprint density at radius 3 is 0.802 bits per heavy atom. The lowest BCUT2D eigenvalue weighted by Gasteiger charge is -2.22. The zero-order valence-corrected chi connectivity index (χ0v) is 72.8. The van der Waals surface area contributed by atoms with Crippen molar-refractivity contribution < 1.29 is 0 Å². The van der Waals surface area contributed by atoms with Crippen LogP contribution in [0.1, 0.15) is 132 Å². The van der Waals surface area contributed by atoms with Gasteiger partial charge in [-0.1, -0.05) is 438 Å². The molecule has 0 atom stereocenters. The van der Waals surface area contributed by atoms with E-state index in [1.165, 1.54) is 148 Å². The van der Waals surface area contributed by atoms with E-state index in [1.807, 2.05) is 60.7 Å². The molecular formula is C117H110N4. The molecule has 0 aliphatic rings. The molecule has 19 aromatic rings. The Morgan fingerprint density at radius 2 is 0.446 bits per heavy atom. The maximum Gasteiger partial charge on any atom is 0.163 e. The first kappa shape index (κ1) is 82.7. The van der Waals surface area contributed by atoms with Crippen molar-refractivity contribution in [1.29, 1.82) is 0 Å². The number of nitrogens with zero attached hydrogens (tertiary/aromatic N) is 4. The van der Waals surface area contributed by atoms with Crippen LogP contribution < -0.4 is 0 Å². The Kier molecular flexibility index (Phi) is 24.1. The van der Waals surface area contributed by atoms with Crippen LogP contribution >= 0.6 is 0 Å². The van der Waals surface area contributed by atoms with Gasteiger partial charge in [-0.05, 0) is 203 Å². The van der Waals surface area contributed by atoms with Crippen LogP contribution in [0.5, 0.6) is 0 Å². The van der Waals surface area contributed by atoms with Crippen LogP contribution in [0, 0.1) is 0 Å². The lowest BCUT2D eigenvalue weighted by molar-refractivity contribution is 0.543. The van der Waals surface area contributed by atoms with Gasteiger partial charge in [0.2, 0.25) is 0 Å². The minimum atomic E-state index is -0.129. The molecule has 0 spiro atoms. The second kappa shape index (κ2) is 35.3. The summed E-state index contributed by atoms with van der Waals surface area (Å²) in [7, 11) is 0. The van der Waals surface area contributed by atoms with Crippen LogP contribution in [0.25, 0.3) is 149 Å². The summed E-state index contributed by atoms with van der Waals surface area (Å²) in [4.78, 5) is 14.0. The van der Waals surface area contributed by atoms with Crippen molar-refractivity contribution >= 4 is 64.9 Å². The molecular weight excluding hydrogens is 1460 g/mol. The van der Waals surface area contributed by atoms with E-state index in [0.717, 1.165) is 28.6 Å². The number of para-hydroxylation sites is 2. The fraction of sp³-hybridized carbons (Fsp3) is 0.171. The summed E-state index contributed by atoms with van der Waals surface area (Å²) >= 11 is 0. The summed E-state index contributed by atoms with van der Waals surface area (Å²) in [6.07, 6.45) is 0. The van der Waals surface area contributed by atoms with Gasteiger partial charge in [-0.15, -0.1) is 0 Å². The molecule has 121 heavy (non-hydrogen) atoms. The summed E-state index contributed by atoms with van der Waals surface area (Å²) in [6, 6.07) is 141. The van der Waals surface area contributed by atoms with Crippen molar-refractivity contribution in [3.05, 3.63) is 422 Å². The van der Waals surface area contributed by atoms with E-state index < -0.39 is 0 Å². The van der Waals surface area contributed by atoms with Crippen molar-refractivity contribution in [2.45, 2.75) is 131 Å². The largest absolute Gasteiger partial charge is 0.309 e. The molecule has 0 saturated carbocycles. The Hall–Kier alpha value is -13.4. The van der Waals surface area contributed by atoms with Gasteiger partial charge in [0.25, 0.3) is 0 Å². The molecule has 4 heteroatoms. The molecule has 17 aromatic carbocycles. The van der Waals surface area contributed by atoms with E-state index in [4.69, 9.17) is 0 Å². The van der Waals surface area contributed by atoms with Gasteiger partial charge in [-0.3, -0.25) is 0 Å². The third-order valence-electron chi connectivity index (χ3n) is 22.7. The Morgan fingerprint density at radius 1 is 0.174 bits per heavy atom. The molecule has 0 aliphatic carbocycles. The molecule has 0 aliphatic heterocycles. The number of aromatic nitrogens is 4. The summed E-state index contributed by atoms with van der Waals surface area (Å²) < 4.78 is 2.36. The molecule has 2 heterocycles. The molecule has 0 bridgehead atoms. The SMILES string of the molecule is CC(C)(C)c1cc(-c2ccc3ccccc3c2)cc(-c2ccc3ccccc3c2)c1.CC(C)(C)c1cc(-c2ccccc2)cc(-c2ccccc2)c1.CC(C)(C)c1ccc(-n2c3ccccc3c3ccccc32)cc1.CC(C)(C)c1ccc2cc(-c3ccc4ccccc4c3)ccc2c1.CC(C)(C)c1nc(-c2ccccc2)nc(-c2ccccc2)n1. The highest BCUT2D eigenvalue weighted by Gasteiger charge is 2.24. The van der Waals surface area contributed by atoms with E-state index in [0.29, 0.717) is 0 Å². The van der Waals surface area contributed by atoms with Crippen molar-refractivity contribution in [2.24, 2.45) is 0 Å². The van der Waals surface area contributed by atoms with Crippen LogP contribution in [-0.2, 0) is 27.1 Å². The standard InChI is InChI=1S/C30H26.C24H22.C22H21N.C22H22.C19H19N3/c1-30(2,3)29-19-27(25-14-12-21-8-4-6-10-23(21)16-25)18-28(20-29)26-15-13-22-9-5-7-11-24(22)17-26;1-24(2,3)23-13-12-21-15-20(10-11-22(21)16-23)19-9-8-17-6-4-5-7-18(17)14-19;1-22(2,3)16-12-14-17(15-13-16)23-20-10-6-4-8-18(20)19-9-5-7-11-21(19)23;1-22(2,3)21-15-19(17-10-6-4-7-11-17)14-20(16-21)18-12-8-5-9-13-18;1-19(2,3)18-21-16(14-10-6-4-7-11-14)20-17(22-18)15-12-8-5-9-13-15/h4-20H,1-3H3;4-16H,1-3H3;4-15H,1-3H3;4-16H,1-3H3;4-13H,1-3H3. The quantitative estimate of drug-likeness (QED) is 0.152. The van der Waals surface area contributed by atoms with Gasteiger partial charge in [0.15, 0.2) is 11.6 Å². The Balaban J connectivity index is 0.000000118. The van der Waals surface area contributed by atoms with Crippen molar-refractivity contribution in [1.82, 2.24) is 19.5 Å². The van der Waals surface area contributed by atoms with Crippen LogP contribution in [0.3, 0.4) is 0 Å². The average Bonchev–Trinajstić information content (AvgIpc) is 1.62. The molecule has 4 nitrogen and oxygen atoms in total. The van der Waals surface area contributed by atoms with Gasteiger partial charge in [0.05, 0.1) is 11.0 Å². The summed E-state index contributed by atoms with van der Waals surface area (Å²) in [5.74, 6) is 2.25. The highest BCUT2D eigenvalue weighted by atomic mass is 15.0. The van der Waals surface area contributed by atoms with Crippen molar-refractivity contribution in [2.75, 3.05) is 0 Å². The van der Waals surface area contributed by atoms with Crippen LogP contribution in [0.2, 0.25) is 0 Å². The molecule has 598 valence electrons. The molecule has 0 N–H and O–H groups in total. The van der Waals surface area contributed by atoms with Gasteiger partial charge < -0.3 is 4.57 Å². The summed E-state index contributed by atoms with van der Waals surface area (Å²) in [5.41, 5.74) is 24.4. The molecule has 0 saturated heterocycles. The zero-order valence-electron chi connectivity index (χ0n) is 72.8. The van der Waals surface area contributed by atoms with Crippen molar-refractivity contribution in [3.8, 4) is 84.1 Å². The predicted octanol–water partition coefficient (Wildman–Crippen LogP) is 32.5. The first-order chi connectivity index (χ1) is 58.1. The minimum absolute atomic E-state index is 0.0818. The molecule has 19 rings (SSSR count). The molecule has 2 aromatic heterocycles. The van der Waals surface area contributed by atoms with E-state index >= 15 is 0 Å². The van der Waals surface area contributed by atoms with Gasteiger partial charge in [0, 0.05) is 33.0 Å². The summed E-state index contributed by atoms with van der Waals surface area (Å²) in [5, 5.41) is 12.9. The zero-order chi connectivity index (χ0) is 84.6. The third kappa shape index (κ3) is 19.8. The van der Waals surface area contributed by atoms with Crippen LogP contribution in [-0.4, -0.2) is 19.5 Å². The fourth-order valence-corrected chi connectivity index (χ4v) is 15.5. The number of hydrogen-bond acceptors (Lipinski definition) is 3. The van der Waals surface area contributed by atoms with E-state index in [2.05, 4.69) is 457 Å². The predicted molar refractivity (Wildman–Crippen MR) is 522 cm³/mol. The first-order valence-electron chi connectivity index (χ1n) is 42.5. The molecule has 0 amide bonds. The van der Waals surface area contributed by atoms with Crippen molar-refractivity contribution in [3.63, 3.8) is 0 Å². The Labute approximate surface area is 717 Å². The minimum Gasteiger partial charge on any atom is -0.309 e. The second-order valence-corrected chi connectivity index (χ2v) is 37.0.